The molecule has 2 nitrogen and oxygen atoms in total. The Balaban J connectivity index is 2.78. The predicted octanol–water partition coefficient (Wildman–Crippen LogP) is 1.69. The van der Waals surface area contributed by atoms with Crippen LogP contribution in [0.4, 0.5) is 0 Å². The molecule has 0 atom stereocenters. The molecule has 0 amide bonds. The van der Waals surface area contributed by atoms with E-state index in [1.807, 2.05) is 23.9 Å². The first-order valence-corrected chi connectivity index (χ1v) is 3.78. The fourth-order valence-corrected chi connectivity index (χ4v) is 1.06. The molecule has 0 spiro atoms. The summed E-state index contributed by atoms with van der Waals surface area (Å²) in [4.78, 5) is 0. The minimum Gasteiger partial charge on any atom is -0.352 e. The average Bonchev–Trinajstić information content (AvgIpc) is 2.43. The van der Waals surface area contributed by atoms with Crippen LogP contribution in [0.2, 0.25) is 0 Å². The van der Waals surface area contributed by atoms with E-state index in [9.17, 15) is 0 Å². The molecular weight excluding hydrogens is 148 g/mol. The minimum atomic E-state index is 0.707. The molecular formula is C10H10N2. The van der Waals surface area contributed by atoms with Crippen molar-refractivity contribution in [3.8, 4) is 18.4 Å². The van der Waals surface area contributed by atoms with Crippen LogP contribution in [0.15, 0.2) is 12.4 Å². The van der Waals surface area contributed by atoms with Gasteiger partial charge in [-0.3, -0.25) is 0 Å². The molecule has 0 aliphatic carbocycles. The van der Waals surface area contributed by atoms with Gasteiger partial charge in [0.2, 0.25) is 0 Å². The van der Waals surface area contributed by atoms with Gasteiger partial charge in [-0.05, 0) is 12.5 Å². The summed E-state index contributed by atoms with van der Waals surface area (Å²) in [5, 5.41) is 8.65. The number of terminal acetylenes is 1. The molecule has 0 radical (unpaired) electrons. The van der Waals surface area contributed by atoms with Crippen LogP contribution in [0.1, 0.15) is 17.5 Å². The van der Waals surface area contributed by atoms with E-state index >= 15 is 0 Å². The first-order chi connectivity index (χ1) is 5.77. The third-order valence-corrected chi connectivity index (χ3v) is 1.71. The average molecular weight is 158 g/mol. The number of nitriles is 1. The highest BCUT2D eigenvalue weighted by Gasteiger charge is 1.99. The van der Waals surface area contributed by atoms with E-state index in [4.69, 9.17) is 11.7 Å². The van der Waals surface area contributed by atoms with E-state index in [0.29, 0.717) is 6.42 Å². The molecule has 0 aliphatic heterocycles. The number of rotatable bonds is 2. The maximum absolute atomic E-state index is 8.65. The summed E-state index contributed by atoms with van der Waals surface area (Å²) in [5.74, 6) is 2.56. The van der Waals surface area contributed by atoms with Crippen molar-refractivity contribution >= 4 is 0 Å². The van der Waals surface area contributed by atoms with Gasteiger partial charge in [0.15, 0.2) is 0 Å². The van der Waals surface area contributed by atoms with E-state index in [2.05, 4.69) is 12.0 Å². The molecule has 0 fully saturated rings. The molecule has 1 aromatic heterocycles. The van der Waals surface area contributed by atoms with Crippen molar-refractivity contribution in [2.75, 3.05) is 0 Å². The van der Waals surface area contributed by atoms with Crippen LogP contribution >= 0.6 is 0 Å². The summed E-state index contributed by atoms with van der Waals surface area (Å²) >= 11 is 0. The van der Waals surface area contributed by atoms with Gasteiger partial charge in [0.25, 0.3) is 0 Å². The van der Waals surface area contributed by atoms with Crippen LogP contribution in [0.3, 0.4) is 0 Å². The van der Waals surface area contributed by atoms with Gasteiger partial charge in [-0.2, -0.15) is 5.26 Å². The maximum atomic E-state index is 8.65. The molecule has 0 unspecified atom stereocenters. The standard InChI is InChI=1S/C10H10N2/c1-3-4-5-12-7-9(2)10(6-11)8-12/h1,7-8H,4-5H2,2H3. The van der Waals surface area contributed by atoms with Crippen LogP contribution in [-0.2, 0) is 6.54 Å². The smallest absolute Gasteiger partial charge is 0.101 e. The van der Waals surface area contributed by atoms with Crippen LogP contribution in [0.5, 0.6) is 0 Å². The molecule has 0 aliphatic rings. The second-order valence-electron chi connectivity index (χ2n) is 2.66. The molecule has 0 aromatic carbocycles. The van der Waals surface area contributed by atoms with E-state index in [-0.39, 0.29) is 0 Å². The normalized spacial score (nSPS) is 8.92. The Kier molecular flexibility index (Phi) is 2.56. The SMILES string of the molecule is C#CCCn1cc(C)c(C#N)c1. The lowest BCUT2D eigenvalue weighted by Gasteiger charge is -1.95. The largest absolute Gasteiger partial charge is 0.352 e. The van der Waals surface area contributed by atoms with Gasteiger partial charge in [0.1, 0.15) is 6.07 Å². The first-order valence-electron chi connectivity index (χ1n) is 3.78. The van der Waals surface area contributed by atoms with Crippen molar-refractivity contribution in [3.05, 3.63) is 23.5 Å². The monoisotopic (exact) mass is 158 g/mol. The van der Waals surface area contributed by atoms with E-state index < -0.39 is 0 Å². The van der Waals surface area contributed by atoms with E-state index in [1.54, 1.807) is 0 Å². The Labute approximate surface area is 72.4 Å². The third kappa shape index (κ3) is 1.68. The molecule has 0 N–H and O–H groups in total. The molecule has 2 heteroatoms. The zero-order chi connectivity index (χ0) is 8.97. The summed E-state index contributed by atoms with van der Waals surface area (Å²) in [7, 11) is 0. The fraction of sp³-hybridized carbons (Fsp3) is 0.300. The van der Waals surface area contributed by atoms with Gasteiger partial charge in [0.05, 0.1) is 5.56 Å². The van der Waals surface area contributed by atoms with Crippen molar-refractivity contribution in [2.45, 2.75) is 19.9 Å². The van der Waals surface area contributed by atoms with E-state index in [0.717, 1.165) is 17.7 Å². The second kappa shape index (κ2) is 3.64. The number of hydrogen-bond donors (Lipinski definition) is 0. The Morgan fingerprint density at radius 1 is 1.58 bits per heavy atom. The van der Waals surface area contributed by atoms with Gasteiger partial charge < -0.3 is 4.57 Å². The molecule has 1 rings (SSSR count). The van der Waals surface area contributed by atoms with Crippen molar-refractivity contribution in [3.63, 3.8) is 0 Å². The van der Waals surface area contributed by atoms with E-state index in [1.165, 1.54) is 0 Å². The van der Waals surface area contributed by atoms with Crippen LogP contribution < -0.4 is 0 Å². The summed E-state index contributed by atoms with van der Waals surface area (Å²) in [6, 6.07) is 2.12. The summed E-state index contributed by atoms with van der Waals surface area (Å²) < 4.78 is 1.95. The molecule has 1 heterocycles. The third-order valence-electron chi connectivity index (χ3n) is 1.71. The minimum absolute atomic E-state index is 0.707. The second-order valence-corrected chi connectivity index (χ2v) is 2.66. The van der Waals surface area contributed by atoms with Crippen LogP contribution in [-0.4, -0.2) is 4.57 Å². The van der Waals surface area contributed by atoms with Gasteiger partial charge in [-0.1, -0.05) is 0 Å². The number of nitrogens with zero attached hydrogens (tertiary/aromatic N) is 2. The lowest BCUT2D eigenvalue weighted by atomic mass is 10.2. The summed E-state index contributed by atoms with van der Waals surface area (Å²) in [6.45, 7) is 2.71. The predicted molar refractivity (Wildman–Crippen MR) is 47.3 cm³/mol. The number of hydrogen-bond acceptors (Lipinski definition) is 1. The first kappa shape index (κ1) is 8.43. The lowest BCUT2D eigenvalue weighted by molar-refractivity contribution is 0.723. The topological polar surface area (TPSA) is 28.7 Å². The molecule has 0 saturated heterocycles. The molecule has 60 valence electrons. The maximum Gasteiger partial charge on any atom is 0.101 e. The van der Waals surface area contributed by atoms with Crippen molar-refractivity contribution in [1.82, 2.24) is 4.57 Å². The quantitative estimate of drug-likeness (QED) is 0.602. The number of aromatic nitrogens is 1. The lowest BCUT2D eigenvalue weighted by Crippen LogP contribution is -1.91. The highest BCUT2D eigenvalue weighted by molar-refractivity contribution is 5.34. The zero-order valence-corrected chi connectivity index (χ0v) is 7.04. The highest BCUT2D eigenvalue weighted by Crippen LogP contribution is 2.07. The molecule has 1 aromatic rings. The Morgan fingerprint density at radius 2 is 2.33 bits per heavy atom. The van der Waals surface area contributed by atoms with Gasteiger partial charge >= 0.3 is 0 Å². The summed E-state index contributed by atoms with van der Waals surface area (Å²) in [5.41, 5.74) is 1.74. The zero-order valence-electron chi connectivity index (χ0n) is 7.04. The Bertz CT molecular complexity index is 347. The van der Waals surface area contributed by atoms with Crippen LogP contribution in [0, 0.1) is 30.6 Å². The molecule has 0 saturated carbocycles. The summed E-state index contributed by atoms with van der Waals surface area (Å²) in [6.07, 6.45) is 9.60. The van der Waals surface area contributed by atoms with Crippen LogP contribution in [0.25, 0.3) is 0 Å². The van der Waals surface area contributed by atoms with Gasteiger partial charge in [-0.25, -0.2) is 0 Å². The highest BCUT2D eigenvalue weighted by atomic mass is 14.9. The van der Waals surface area contributed by atoms with Crippen molar-refractivity contribution < 1.29 is 0 Å². The Hall–Kier alpha value is -1.67. The molecule has 12 heavy (non-hydrogen) atoms. The number of aryl methyl sites for hydroxylation is 2. The fourth-order valence-electron chi connectivity index (χ4n) is 1.06. The van der Waals surface area contributed by atoms with Crippen molar-refractivity contribution in [2.24, 2.45) is 0 Å². The van der Waals surface area contributed by atoms with Gasteiger partial charge in [0, 0.05) is 25.4 Å². The molecule has 0 bridgehead atoms. The van der Waals surface area contributed by atoms with Gasteiger partial charge in [-0.15, -0.1) is 12.3 Å². The Morgan fingerprint density at radius 3 is 2.83 bits per heavy atom. The van der Waals surface area contributed by atoms with Crippen molar-refractivity contribution in [1.29, 1.82) is 5.26 Å².